The van der Waals surface area contributed by atoms with E-state index in [2.05, 4.69) is 5.32 Å². The summed E-state index contributed by atoms with van der Waals surface area (Å²) < 4.78 is 5.21. The highest BCUT2D eigenvalue weighted by Gasteiger charge is 2.20. The molecule has 0 aliphatic carbocycles. The maximum absolute atomic E-state index is 12.1. The van der Waals surface area contributed by atoms with Gasteiger partial charge in [-0.05, 0) is 56.7 Å². The molecule has 2 rings (SSSR count). The quantitative estimate of drug-likeness (QED) is 0.675. The van der Waals surface area contributed by atoms with Gasteiger partial charge in [0, 0.05) is 11.3 Å². The average Bonchev–Trinajstić information content (AvgIpc) is 2.55. The highest BCUT2D eigenvalue weighted by Crippen LogP contribution is 2.13. The Bertz CT molecular complexity index is 765. The number of ether oxygens (including phenoxy) is 1. The zero-order valence-corrected chi connectivity index (χ0v) is 13.8. The van der Waals surface area contributed by atoms with E-state index in [0.29, 0.717) is 16.8 Å². The number of carbonyl (C=O) groups is 3. The number of nitrogens with one attached hydrogen (secondary N) is 1. The van der Waals surface area contributed by atoms with Gasteiger partial charge in [-0.2, -0.15) is 0 Å². The number of rotatable bonds is 5. The summed E-state index contributed by atoms with van der Waals surface area (Å²) in [7, 11) is 0. The summed E-state index contributed by atoms with van der Waals surface area (Å²) in [5.41, 5.74) is 2.31. The molecule has 2 aromatic rings. The van der Waals surface area contributed by atoms with Gasteiger partial charge in [0.2, 0.25) is 0 Å². The van der Waals surface area contributed by atoms with Crippen molar-refractivity contribution in [1.82, 2.24) is 0 Å². The number of Topliss-reactive ketones (excluding diaryl/α,β-unsaturated/α-hetero) is 1. The second-order valence-corrected chi connectivity index (χ2v) is 5.49. The van der Waals surface area contributed by atoms with Crippen LogP contribution in [0.2, 0.25) is 0 Å². The van der Waals surface area contributed by atoms with Gasteiger partial charge in [-0.1, -0.05) is 18.2 Å². The third kappa shape index (κ3) is 4.29. The van der Waals surface area contributed by atoms with E-state index in [0.717, 1.165) is 5.56 Å². The first kappa shape index (κ1) is 17.4. The number of aryl methyl sites for hydroxylation is 1. The minimum absolute atomic E-state index is 0.0478. The van der Waals surface area contributed by atoms with Gasteiger partial charge in [0.25, 0.3) is 5.91 Å². The van der Waals surface area contributed by atoms with Gasteiger partial charge >= 0.3 is 5.97 Å². The van der Waals surface area contributed by atoms with Crippen LogP contribution in [-0.4, -0.2) is 23.8 Å². The van der Waals surface area contributed by atoms with Crippen molar-refractivity contribution in [2.24, 2.45) is 0 Å². The maximum atomic E-state index is 12.1. The van der Waals surface area contributed by atoms with Gasteiger partial charge in [0.15, 0.2) is 11.9 Å². The molecule has 5 nitrogen and oxygen atoms in total. The Kier molecular flexibility index (Phi) is 5.47. The molecule has 1 atom stereocenters. The van der Waals surface area contributed by atoms with Gasteiger partial charge in [-0.15, -0.1) is 0 Å². The second-order valence-electron chi connectivity index (χ2n) is 5.49. The minimum Gasteiger partial charge on any atom is -0.449 e. The Hall–Kier alpha value is -2.95. The lowest BCUT2D eigenvalue weighted by molar-refractivity contribution is -0.123. The van der Waals surface area contributed by atoms with E-state index in [-0.39, 0.29) is 5.78 Å². The van der Waals surface area contributed by atoms with E-state index in [1.807, 2.05) is 6.07 Å². The number of carbonyl (C=O) groups excluding carboxylic acids is 3. The van der Waals surface area contributed by atoms with Gasteiger partial charge in [-0.3, -0.25) is 9.59 Å². The number of hydrogen-bond acceptors (Lipinski definition) is 4. The van der Waals surface area contributed by atoms with Crippen LogP contribution in [0.1, 0.15) is 40.1 Å². The van der Waals surface area contributed by atoms with Crippen LogP contribution in [-0.2, 0) is 9.53 Å². The van der Waals surface area contributed by atoms with Crippen LogP contribution in [0.3, 0.4) is 0 Å². The molecule has 1 N–H and O–H groups in total. The molecule has 0 aliphatic heterocycles. The smallest absolute Gasteiger partial charge is 0.339 e. The van der Waals surface area contributed by atoms with E-state index >= 15 is 0 Å². The molecule has 0 unspecified atom stereocenters. The maximum Gasteiger partial charge on any atom is 0.339 e. The van der Waals surface area contributed by atoms with Crippen molar-refractivity contribution in [3.63, 3.8) is 0 Å². The zero-order valence-electron chi connectivity index (χ0n) is 13.8. The molecule has 1 amide bonds. The predicted octanol–water partition coefficient (Wildman–Crippen LogP) is 3.38. The zero-order chi connectivity index (χ0) is 17.7. The van der Waals surface area contributed by atoms with Crippen molar-refractivity contribution < 1.29 is 19.1 Å². The standard InChI is InChI=1S/C19H19NO4/c1-12-6-4-5-7-17(12)19(23)24-14(3)18(22)20-16-10-8-15(9-11-16)13(2)21/h4-11,14H,1-3H3,(H,20,22)/t14-/m0/s1. The van der Waals surface area contributed by atoms with E-state index in [4.69, 9.17) is 4.74 Å². The van der Waals surface area contributed by atoms with Crippen molar-refractivity contribution >= 4 is 23.3 Å². The number of ketones is 1. The molecule has 0 spiro atoms. The Labute approximate surface area is 140 Å². The summed E-state index contributed by atoms with van der Waals surface area (Å²) in [4.78, 5) is 35.5. The summed E-state index contributed by atoms with van der Waals surface area (Å²) in [5.74, 6) is -1.02. The minimum atomic E-state index is -0.940. The molecule has 5 heteroatoms. The fourth-order valence-corrected chi connectivity index (χ4v) is 2.11. The van der Waals surface area contributed by atoms with Gasteiger partial charge < -0.3 is 10.1 Å². The summed E-state index contributed by atoms with van der Waals surface area (Å²) >= 11 is 0. The number of benzene rings is 2. The topological polar surface area (TPSA) is 72.5 Å². The highest BCUT2D eigenvalue weighted by atomic mass is 16.5. The van der Waals surface area contributed by atoms with Crippen LogP contribution < -0.4 is 5.32 Å². The monoisotopic (exact) mass is 325 g/mol. The summed E-state index contributed by atoms with van der Waals surface area (Å²) in [6, 6.07) is 13.5. The molecule has 0 saturated heterocycles. The molecular formula is C19H19NO4. The van der Waals surface area contributed by atoms with E-state index in [9.17, 15) is 14.4 Å². The third-order valence-electron chi connectivity index (χ3n) is 3.58. The van der Waals surface area contributed by atoms with Crippen molar-refractivity contribution in [1.29, 1.82) is 0 Å². The van der Waals surface area contributed by atoms with E-state index < -0.39 is 18.0 Å². The molecule has 24 heavy (non-hydrogen) atoms. The van der Waals surface area contributed by atoms with Gasteiger partial charge in [-0.25, -0.2) is 4.79 Å². The molecule has 0 aromatic heterocycles. The highest BCUT2D eigenvalue weighted by molar-refractivity contribution is 5.98. The first-order valence-electron chi connectivity index (χ1n) is 7.57. The number of anilines is 1. The molecule has 0 saturated carbocycles. The van der Waals surface area contributed by atoms with E-state index in [1.165, 1.54) is 13.8 Å². The Morgan fingerprint density at radius 1 is 1.00 bits per heavy atom. The SMILES string of the molecule is CC(=O)c1ccc(NC(=O)[C@H](C)OC(=O)c2ccccc2C)cc1. The Morgan fingerprint density at radius 3 is 2.21 bits per heavy atom. The van der Waals surface area contributed by atoms with Crippen LogP contribution in [0.25, 0.3) is 0 Å². The summed E-state index contributed by atoms with van der Waals surface area (Å²) in [6.45, 7) is 4.79. The predicted molar refractivity (Wildman–Crippen MR) is 91.1 cm³/mol. The largest absolute Gasteiger partial charge is 0.449 e. The number of amides is 1. The molecule has 2 aromatic carbocycles. The van der Waals surface area contributed by atoms with Crippen LogP contribution in [0, 0.1) is 6.92 Å². The lowest BCUT2D eigenvalue weighted by Crippen LogP contribution is -2.30. The number of esters is 1. The fraction of sp³-hybridized carbons (Fsp3) is 0.211. The molecule has 0 fully saturated rings. The lowest BCUT2D eigenvalue weighted by Gasteiger charge is -2.14. The van der Waals surface area contributed by atoms with Crippen molar-refractivity contribution in [2.75, 3.05) is 5.32 Å². The van der Waals surface area contributed by atoms with Gasteiger partial charge in [0.1, 0.15) is 0 Å². The first-order chi connectivity index (χ1) is 11.4. The van der Waals surface area contributed by atoms with Crippen LogP contribution in [0.15, 0.2) is 48.5 Å². The van der Waals surface area contributed by atoms with Crippen molar-refractivity contribution in [3.05, 3.63) is 65.2 Å². The lowest BCUT2D eigenvalue weighted by atomic mass is 10.1. The molecule has 0 heterocycles. The van der Waals surface area contributed by atoms with Crippen LogP contribution in [0.5, 0.6) is 0 Å². The third-order valence-corrected chi connectivity index (χ3v) is 3.58. The van der Waals surface area contributed by atoms with Gasteiger partial charge in [0.05, 0.1) is 5.56 Å². The summed E-state index contributed by atoms with van der Waals surface area (Å²) in [5, 5.41) is 2.65. The fourth-order valence-electron chi connectivity index (χ4n) is 2.11. The molecule has 124 valence electrons. The Balaban J connectivity index is 1.98. The first-order valence-corrected chi connectivity index (χ1v) is 7.57. The molecule has 0 radical (unpaired) electrons. The van der Waals surface area contributed by atoms with Crippen molar-refractivity contribution in [2.45, 2.75) is 26.9 Å². The number of hydrogen-bond donors (Lipinski definition) is 1. The van der Waals surface area contributed by atoms with E-state index in [1.54, 1.807) is 49.4 Å². The van der Waals surface area contributed by atoms with Crippen LogP contribution in [0.4, 0.5) is 5.69 Å². The summed E-state index contributed by atoms with van der Waals surface area (Å²) in [6.07, 6.45) is -0.940. The average molecular weight is 325 g/mol. The molecule has 0 bridgehead atoms. The normalized spacial score (nSPS) is 11.5. The van der Waals surface area contributed by atoms with Crippen molar-refractivity contribution in [3.8, 4) is 0 Å². The Morgan fingerprint density at radius 2 is 1.62 bits per heavy atom. The second kappa shape index (κ2) is 7.55. The van der Waals surface area contributed by atoms with Crippen LogP contribution >= 0.6 is 0 Å². The molecule has 0 aliphatic rings. The molecular weight excluding hydrogens is 306 g/mol.